The average Bonchev–Trinajstić information content (AvgIpc) is 2.49. The maximum absolute atomic E-state index is 6.02. The van der Waals surface area contributed by atoms with E-state index in [1.54, 1.807) is 0 Å². The van der Waals surface area contributed by atoms with Gasteiger partial charge in [-0.1, -0.05) is 32.0 Å². The number of nitrogens with two attached hydrogens (primary N) is 1. The number of benzene rings is 1. The molecule has 1 aromatic rings. The van der Waals surface area contributed by atoms with Crippen molar-refractivity contribution < 1.29 is 4.74 Å². The lowest BCUT2D eigenvalue weighted by molar-refractivity contribution is 0.214. The van der Waals surface area contributed by atoms with Gasteiger partial charge in [0.05, 0.1) is 12.6 Å². The minimum atomic E-state index is 0.227. The van der Waals surface area contributed by atoms with Crippen molar-refractivity contribution in [1.82, 2.24) is 9.80 Å². The summed E-state index contributed by atoms with van der Waals surface area (Å²) in [6.45, 7) is 8.73. The topological polar surface area (TPSA) is 41.7 Å². The molecule has 0 aromatic heterocycles. The fourth-order valence-electron chi connectivity index (χ4n) is 2.59. The molecule has 1 atom stereocenters. The van der Waals surface area contributed by atoms with E-state index >= 15 is 0 Å². The normalized spacial score (nSPS) is 12.9. The van der Waals surface area contributed by atoms with Crippen LogP contribution in [0.3, 0.4) is 0 Å². The van der Waals surface area contributed by atoms with E-state index in [1.165, 1.54) is 5.56 Å². The van der Waals surface area contributed by atoms with Gasteiger partial charge in [0, 0.05) is 18.7 Å². The summed E-state index contributed by atoms with van der Waals surface area (Å²) < 4.78 is 6.00. The molecule has 2 N–H and O–H groups in total. The zero-order valence-corrected chi connectivity index (χ0v) is 14.0. The fraction of sp³-hybridized carbons (Fsp3) is 0.647. The van der Waals surface area contributed by atoms with Crippen molar-refractivity contribution in [3.8, 4) is 5.75 Å². The van der Waals surface area contributed by atoms with Crippen molar-refractivity contribution >= 4 is 0 Å². The lowest BCUT2D eigenvalue weighted by Gasteiger charge is -2.30. The van der Waals surface area contributed by atoms with Crippen LogP contribution in [0.15, 0.2) is 24.3 Å². The highest BCUT2D eigenvalue weighted by Crippen LogP contribution is 2.28. The third kappa shape index (κ3) is 5.65. The minimum Gasteiger partial charge on any atom is -0.493 e. The van der Waals surface area contributed by atoms with Crippen LogP contribution in [0.4, 0.5) is 0 Å². The van der Waals surface area contributed by atoms with E-state index in [0.29, 0.717) is 6.54 Å². The number of rotatable bonds is 10. The molecule has 0 saturated heterocycles. The van der Waals surface area contributed by atoms with Crippen LogP contribution < -0.4 is 10.5 Å². The molecule has 1 aromatic carbocycles. The lowest BCUT2D eigenvalue weighted by Crippen LogP contribution is -2.33. The second kappa shape index (κ2) is 9.77. The van der Waals surface area contributed by atoms with E-state index in [1.807, 2.05) is 6.07 Å². The Kier molecular flexibility index (Phi) is 8.35. The molecule has 0 heterocycles. The Bertz CT molecular complexity index is 391. The van der Waals surface area contributed by atoms with Gasteiger partial charge in [-0.15, -0.1) is 0 Å². The number of hydrogen-bond donors (Lipinski definition) is 1. The van der Waals surface area contributed by atoms with Crippen molar-refractivity contribution in [2.75, 3.05) is 46.9 Å². The number of ether oxygens (including phenoxy) is 1. The maximum atomic E-state index is 6.02. The molecule has 4 heteroatoms. The molecular formula is C17H31N3O. The molecule has 4 nitrogen and oxygen atoms in total. The van der Waals surface area contributed by atoms with E-state index < -0.39 is 0 Å². The van der Waals surface area contributed by atoms with Crippen LogP contribution in [0.5, 0.6) is 5.75 Å². The summed E-state index contributed by atoms with van der Waals surface area (Å²) in [4.78, 5) is 4.55. The van der Waals surface area contributed by atoms with Crippen LogP contribution in [0.1, 0.15) is 31.9 Å². The van der Waals surface area contributed by atoms with Crippen LogP contribution >= 0.6 is 0 Å². The number of para-hydroxylation sites is 1. The van der Waals surface area contributed by atoms with Gasteiger partial charge in [-0.3, -0.25) is 4.90 Å². The van der Waals surface area contributed by atoms with Crippen molar-refractivity contribution in [3.63, 3.8) is 0 Å². The van der Waals surface area contributed by atoms with Gasteiger partial charge < -0.3 is 15.4 Å². The Morgan fingerprint density at radius 1 is 1.14 bits per heavy atom. The molecule has 21 heavy (non-hydrogen) atoms. The monoisotopic (exact) mass is 293 g/mol. The number of nitrogens with zero attached hydrogens (tertiary/aromatic N) is 2. The summed E-state index contributed by atoms with van der Waals surface area (Å²) in [5, 5.41) is 0. The summed E-state index contributed by atoms with van der Waals surface area (Å²) in [5.74, 6) is 0.971. The Labute approximate surface area is 129 Å². The Balaban J connectivity index is 2.77. The first-order valence-corrected chi connectivity index (χ1v) is 7.94. The van der Waals surface area contributed by atoms with Gasteiger partial charge in [-0.05, 0) is 39.7 Å². The van der Waals surface area contributed by atoms with Crippen LogP contribution in [-0.2, 0) is 0 Å². The summed E-state index contributed by atoms with van der Waals surface area (Å²) in [6, 6.07) is 8.51. The predicted octanol–water partition coefficient (Wildman–Crippen LogP) is 2.36. The van der Waals surface area contributed by atoms with Crippen molar-refractivity contribution in [2.24, 2.45) is 5.73 Å². The third-order valence-corrected chi connectivity index (χ3v) is 3.76. The summed E-state index contributed by atoms with van der Waals surface area (Å²) in [5.41, 5.74) is 7.22. The number of likely N-dealkylation sites (N-methyl/N-ethyl adjacent to an activating group) is 1. The molecule has 0 spiro atoms. The first-order chi connectivity index (χ1) is 10.1. The molecular weight excluding hydrogens is 262 g/mol. The molecule has 0 radical (unpaired) electrons. The van der Waals surface area contributed by atoms with Gasteiger partial charge >= 0.3 is 0 Å². The second-order valence-electron chi connectivity index (χ2n) is 5.52. The van der Waals surface area contributed by atoms with E-state index in [0.717, 1.165) is 38.4 Å². The molecule has 0 bridgehead atoms. The summed E-state index contributed by atoms with van der Waals surface area (Å²) >= 11 is 0. The molecule has 0 aliphatic heterocycles. The standard InChI is InChI=1S/C17H31N3O/c1-5-20(6-2)16(14-18)15-10-7-8-11-17(15)21-13-9-12-19(3)4/h7-8,10-11,16H,5-6,9,12-14,18H2,1-4H3. The van der Waals surface area contributed by atoms with Gasteiger partial charge in [0.25, 0.3) is 0 Å². The number of hydrogen-bond acceptors (Lipinski definition) is 4. The zero-order valence-electron chi connectivity index (χ0n) is 14.0. The van der Waals surface area contributed by atoms with Crippen LogP contribution in [-0.4, -0.2) is 56.7 Å². The summed E-state index contributed by atoms with van der Waals surface area (Å²) in [6.07, 6.45) is 1.03. The maximum Gasteiger partial charge on any atom is 0.124 e. The Hall–Kier alpha value is -1.10. The minimum absolute atomic E-state index is 0.227. The highest BCUT2D eigenvalue weighted by Gasteiger charge is 2.19. The van der Waals surface area contributed by atoms with Crippen LogP contribution in [0.25, 0.3) is 0 Å². The molecule has 1 unspecified atom stereocenters. The largest absolute Gasteiger partial charge is 0.493 e. The molecule has 1 rings (SSSR count). The smallest absolute Gasteiger partial charge is 0.124 e. The molecule has 0 saturated carbocycles. The van der Waals surface area contributed by atoms with Crippen molar-refractivity contribution in [2.45, 2.75) is 26.3 Å². The average molecular weight is 293 g/mol. The fourth-order valence-corrected chi connectivity index (χ4v) is 2.59. The Morgan fingerprint density at radius 2 is 1.81 bits per heavy atom. The molecule has 120 valence electrons. The van der Waals surface area contributed by atoms with Crippen LogP contribution in [0.2, 0.25) is 0 Å². The van der Waals surface area contributed by atoms with E-state index in [4.69, 9.17) is 10.5 Å². The van der Waals surface area contributed by atoms with Gasteiger partial charge in [0.15, 0.2) is 0 Å². The highest BCUT2D eigenvalue weighted by atomic mass is 16.5. The quantitative estimate of drug-likeness (QED) is 0.673. The van der Waals surface area contributed by atoms with Gasteiger partial charge in [0.2, 0.25) is 0 Å². The van der Waals surface area contributed by atoms with Gasteiger partial charge in [0.1, 0.15) is 5.75 Å². The van der Waals surface area contributed by atoms with E-state index in [2.05, 4.69) is 55.9 Å². The molecule has 0 fully saturated rings. The lowest BCUT2D eigenvalue weighted by atomic mass is 10.0. The van der Waals surface area contributed by atoms with Crippen molar-refractivity contribution in [1.29, 1.82) is 0 Å². The molecule has 0 aliphatic rings. The van der Waals surface area contributed by atoms with Gasteiger partial charge in [-0.25, -0.2) is 0 Å². The first-order valence-electron chi connectivity index (χ1n) is 7.94. The second-order valence-corrected chi connectivity index (χ2v) is 5.52. The van der Waals surface area contributed by atoms with E-state index in [-0.39, 0.29) is 6.04 Å². The van der Waals surface area contributed by atoms with Crippen molar-refractivity contribution in [3.05, 3.63) is 29.8 Å². The van der Waals surface area contributed by atoms with E-state index in [9.17, 15) is 0 Å². The first kappa shape index (κ1) is 18.0. The highest BCUT2D eigenvalue weighted by molar-refractivity contribution is 5.36. The zero-order chi connectivity index (χ0) is 15.7. The molecule has 0 amide bonds. The van der Waals surface area contributed by atoms with Crippen LogP contribution in [0, 0.1) is 0 Å². The molecule has 0 aliphatic carbocycles. The van der Waals surface area contributed by atoms with Gasteiger partial charge in [-0.2, -0.15) is 0 Å². The predicted molar refractivity (Wildman–Crippen MR) is 89.8 cm³/mol. The summed E-state index contributed by atoms with van der Waals surface area (Å²) in [7, 11) is 4.16. The third-order valence-electron chi connectivity index (χ3n) is 3.76. The SMILES string of the molecule is CCN(CC)C(CN)c1ccccc1OCCCN(C)C. The Morgan fingerprint density at radius 3 is 2.38 bits per heavy atom.